The van der Waals surface area contributed by atoms with Gasteiger partial charge < -0.3 is 29.2 Å². The standard InChI is InChI=1S/C29H27N.C19H23N.C18H23NSi.C16H17NO.C16H17NS/c1-28(2,3)30-26-20-12-10-18-24(26)29(22-14-6-4-7-15-22,23-16-8-5-9-17-23)25-19-11-13-21-27(25)30;1-18(2,3)20-16-12-8-6-10-14(16)19(4,5)15-11-7-9-13-17(15)20;1-18(2,3)19-14-10-6-8-12-16(14)20(4,5)17-13-9-7-11-15(17)19;2*1-16(2,3)17-12-8-4-6-10-14(12)18-15-11-7-5-9-13(15)17/h4-21H,1-3H3;2*6-13H,1-5H3;2*4-11H,1-3H3. The molecular weight excluding hydrogens is 1320 g/mol. The second kappa shape index (κ2) is 28.7. The Hall–Kier alpha value is -9.99. The molecule has 0 spiro atoms. The third-order valence-electron chi connectivity index (χ3n) is 21.0. The molecule has 0 saturated heterocycles. The maximum Gasteiger partial charge on any atom is 0.151 e. The summed E-state index contributed by atoms with van der Waals surface area (Å²) in [5, 5.41) is 3.10. The Kier molecular flexibility index (Phi) is 20.1. The van der Waals surface area contributed by atoms with Crippen LogP contribution in [0.1, 0.15) is 151 Å². The minimum atomic E-state index is -1.59. The Labute approximate surface area is 639 Å². The molecule has 0 aliphatic carbocycles. The van der Waals surface area contributed by atoms with Gasteiger partial charge in [0, 0.05) is 77.0 Å². The summed E-state index contributed by atoms with van der Waals surface area (Å²) >= 11 is 1.86. The largest absolute Gasteiger partial charge is 0.453 e. The highest BCUT2D eigenvalue weighted by molar-refractivity contribution is 7.99. The lowest BCUT2D eigenvalue weighted by Gasteiger charge is -2.50. The molecule has 106 heavy (non-hydrogen) atoms. The van der Waals surface area contributed by atoms with E-state index in [1.807, 2.05) is 36.0 Å². The van der Waals surface area contributed by atoms with E-state index in [1.165, 1.54) is 88.7 Å². The van der Waals surface area contributed by atoms with Gasteiger partial charge in [0.25, 0.3) is 0 Å². The second-order valence-corrected chi connectivity index (χ2v) is 39.9. The Bertz CT molecular complexity index is 4600. The minimum absolute atomic E-state index is 0.00991. The summed E-state index contributed by atoms with van der Waals surface area (Å²) in [7, 11) is -1.59. The van der Waals surface area contributed by atoms with E-state index in [9.17, 15) is 0 Å². The average Bonchev–Trinajstić information content (AvgIpc) is 0.703. The lowest BCUT2D eigenvalue weighted by atomic mass is 9.62. The Balaban J connectivity index is 0.000000119. The average molecular weight is 1430 g/mol. The van der Waals surface area contributed by atoms with Crippen LogP contribution in [0.2, 0.25) is 13.1 Å². The van der Waals surface area contributed by atoms with Crippen LogP contribution in [0.4, 0.5) is 56.9 Å². The van der Waals surface area contributed by atoms with Gasteiger partial charge in [-0.2, -0.15) is 0 Å². The molecule has 12 aromatic rings. The van der Waals surface area contributed by atoms with Gasteiger partial charge in [-0.25, -0.2) is 0 Å². The van der Waals surface area contributed by atoms with Crippen molar-refractivity contribution in [2.45, 2.75) is 179 Å². The van der Waals surface area contributed by atoms with E-state index < -0.39 is 8.07 Å². The van der Waals surface area contributed by atoms with Crippen molar-refractivity contribution in [1.29, 1.82) is 0 Å². The molecule has 0 fully saturated rings. The molecule has 5 heterocycles. The van der Waals surface area contributed by atoms with Crippen molar-refractivity contribution in [2.24, 2.45) is 0 Å². The summed E-state index contributed by atoms with van der Waals surface area (Å²) in [6.07, 6.45) is 0. The number of rotatable bonds is 2. The van der Waals surface area contributed by atoms with Crippen molar-refractivity contribution in [3.05, 3.63) is 337 Å². The molecule has 0 amide bonds. The summed E-state index contributed by atoms with van der Waals surface area (Å²) < 4.78 is 5.96. The zero-order valence-electron chi connectivity index (χ0n) is 65.9. The number of benzene rings is 12. The van der Waals surface area contributed by atoms with E-state index in [2.05, 4.69) is 434 Å². The lowest BCUT2D eigenvalue weighted by Crippen LogP contribution is -2.61. The molecule has 5 aliphatic rings. The molecule has 0 saturated carbocycles. The van der Waals surface area contributed by atoms with Gasteiger partial charge in [-0.05, 0) is 233 Å². The highest BCUT2D eigenvalue weighted by atomic mass is 32.2. The topological polar surface area (TPSA) is 25.4 Å². The van der Waals surface area contributed by atoms with Gasteiger partial charge in [-0.15, -0.1) is 0 Å². The quantitative estimate of drug-likeness (QED) is 0.159. The van der Waals surface area contributed by atoms with Crippen LogP contribution < -0.4 is 39.6 Å². The van der Waals surface area contributed by atoms with Crippen molar-refractivity contribution in [1.82, 2.24) is 0 Å². The first kappa shape index (κ1) is 74.3. The van der Waals surface area contributed by atoms with Crippen LogP contribution in [-0.2, 0) is 10.8 Å². The lowest BCUT2D eigenvalue weighted by molar-refractivity contribution is 0.451. The summed E-state index contributed by atoms with van der Waals surface area (Å²) in [6.45, 7) is 43.6. The van der Waals surface area contributed by atoms with Crippen molar-refractivity contribution in [3.8, 4) is 11.5 Å². The van der Waals surface area contributed by atoms with Crippen LogP contribution >= 0.6 is 11.8 Å². The number of anilines is 10. The second-order valence-electron chi connectivity index (χ2n) is 34.4. The van der Waals surface area contributed by atoms with Crippen LogP contribution in [0.5, 0.6) is 11.5 Å². The zero-order valence-corrected chi connectivity index (χ0v) is 67.7. The maximum absolute atomic E-state index is 5.96. The van der Waals surface area contributed by atoms with Crippen LogP contribution in [-0.4, -0.2) is 35.8 Å². The van der Waals surface area contributed by atoms with E-state index >= 15 is 0 Å². The van der Waals surface area contributed by atoms with E-state index in [0.717, 1.165) is 22.9 Å². The SMILES string of the molecule is CC(C)(C)N1c2ccccc2C(c2ccccc2)(c2ccccc2)c2ccccc21.CC(C)(C)N1c2ccccc2Oc2ccccc21.CC(C)(C)N1c2ccccc2Sc2ccccc21.CC(C)(C)N1c2ccccc2[Si](C)(C)c2ccccc21.CC1(C)c2ccccc2N(C(C)(C)C)c2ccccc21. The summed E-state index contributed by atoms with van der Waals surface area (Å²) in [4.78, 5) is 14.9. The first-order valence-corrected chi connectivity index (χ1v) is 41.6. The van der Waals surface area contributed by atoms with Gasteiger partial charge in [0.15, 0.2) is 11.5 Å². The fraction of sp³-hybridized carbons (Fsp3) is 0.265. The normalized spacial score (nSPS) is 15.1. The van der Waals surface area contributed by atoms with Crippen molar-refractivity contribution in [3.63, 3.8) is 0 Å². The highest BCUT2D eigenvalue weighted by Crippen LogP contribution is 2.58. The van der Waals surface area contributed by atoms with Crippen LogP contribution in [0.3, 0.4) is 0 Å². The number of ether oxygens (including phenoxy) is 1. The van der Waals surface area contributed by atoms with Crippen molar-refractivity contribution >= 4 is 87.1 Å². The number of hydrogen-bond donors (Lipinski definition) is 0. The van der Waals surface area contributed by atoms with Crippen molar-refractivity contribution < 1.29 is 4.74 Å². The molecule has 8 heteroatoms. The zero-order chi connectivity index (χ0) is 75.4. The third-order valence-corrected chi connectivity index (χ3v) is 25.7. The van der Waals surface area contributed by atoms with Gasteiger partial charge in [-0.3, -0.25) is 0 Å². The summed E-state index contributed by atoms with van der Waals surface area (Å²) in [5.41, 5.74) is 20.8. The van der Waals surface area contributed by atoms with Crippen LogP contribution in [0, 0.1) is 0 Å². The monoisotopic (exact) mass is 1430 g/mol. The Morgan fingerprint density at radius 3 is 0.840 bits per heavy atom. The van der Waals surface area contributed by atoms with Gasteiger partial charge in [0.1, 0.15) is 8.07 Å². The number of fused-ring (bicyclic) bond motifs is 10. The van der Waals surface area contributed by atoms with Gasteiger partial charge in [0.05, 0.1) is 28.2 Å². The fourth-order valence-corrected chi connectivity index (χ4v) is 20.8. The van der Waals surface area contributed by atoms with Gasteiger partial charge in [-0.1, -0.05) is 257 Å². The van der Waals surface area contributed by atoms with E-state index in [1.54, 1.807) is 10.4 Å². The Morgan fingerprint density at radius 1 is 0.255 bits per heavy atom. The molecule has 0 radical (unpaired) electrons. The molecule has 6 nitrogen and oxygen atoms in total. The van der Waals surface area contributed by atoms with Crippen molar-refractivity contribution in [2.75, 3.05) is 24.5 Å². The maximum atomic E-state index is 5.96. The molecule has 0 atom stereocenters. The third kappa shape index (κ3) is 13.9. The van der Waals surface area contributed by atoms with E-state index in [-0.39, 0.29) is 38.5 Å². The predicted molar refractivity (Wildman–Crippen MR) is 459 cm³/mol. The molecule has 0 unspecified atom stereocenters. The predicted octanol–water partition coefficient (Wildman–Crippen LogP) is 26.2. The van der Waals surface area contributed by atoms with Crippen LogP contribution in [0.15, 0.2) is 313 Å². The molecule has 0 N–H and O–H groups in total. The van der Waals surface area contributed by atoms with Gasteiger partial charge in [0.2, 0.25) is 0 Å². The molecular formula is C98H107N5OSSi. The minimum Gasteiger partial charge on any atom is -0.453 e. The van der Waals surface area contributed by atoms with Crippen LogP contribution in [0.25, 0.3) is 0 Å². The first-order chi connectivity index (χ1) is 50.4. The van der Waals surface area contributed by atoms with E-state index in [0.29, 0.717) is 0 Å². The highest BCUT2D eigenvalue weighted by Gasteiger charge is 2.48. The molecule has 0 aromatic heterocycles. The smallest absolute Gasteiger partial charge is 0.151 e. The molecule has 0 bridgehead atoms. The molecule has 17 rings (SSSR count). The molecule has 540 valence electrons. The number of nitrogens with zero attached hydrogens (tertiary/aromatic N) is 5. The Morgan fingerprint density at radius 2 is 0.491 bits per heavy atom. The summed E-state index contributed by atoms with van der Waals surface area (Å²) in [6, 6.07) is 109. The van der Waals surface area contributed by atoms with Gasteiger partial charge >= 0.3 is 0 Å². The molecule has 5 aliphatic heterocycles. The van der Waals surface area contributed by atoms with E-state index in [4.69, 9.17) is 4.74 Å². The fourth-order valence-electron chi connectivity index (χ4n) is 16.8. The number of para-hydroxylation sites is 12. The molecule has 12 aromatic carbocycles. The number of hydrogen-bond acceptors (Lipinski definition) is 7. The first-order valence-electron chi connectivity index (χ1n) is 37.8. The summed E-state index contributed by atoms with van der Waals surface area (Å²) in [5.74, 6) is 1.84.